The molecule has 6 nitrogen and oxygen atoms in total. The number of benzene rings is 2. The molecular weight excluding hydrogens is 388 g/mol. The van der Waals surface area contributed by atoms with Crippen molar-refractivity contribution in [2.45, 2.75) is 0 Å². The molecule has 0 saturated carbocycles. The summed E-state index contributed by atoms with van der Waals surface area (Å²) in [5.74, 6) is -1.45. The first-order chi connectivity index (χ1) is 13.4. The van der Waals surface area contributed by atoms with E-state index < -0.39 is 16.9 Å². The number of halogens is 2. The monoisotopic (exact) mass is 403 g/mol. The topological polar surface area (TPSA) is 75.0 Å². The lowest BCUT2D eigenvalue weighted by Crippen LogP contribution is -2.10. The number of hydrazone groups is 1. The van der Waals surface area contributed by atoms with Crippen molar-refractivity contribution in [2.75, 3.05) is 19.2 Å². The van der Waals surface area contributed by atoms with Crippen LogP contribution < -0.4 is 9.75 Å². The molecule has 0 spiro atoms. The number of aromatic nitrogens is 1. The minimum Gasteiger partial charge on any atom is -0.496 e. The molecule has 28 heavy (non-hydrogen) atoms. The SMILES string of the molecule is COc1ccccc1-c1nc(N(C)/N=C/c2ccc(F)cc2C(=O)O)sc1F. The van der Waals surface area contributed by atoms with E-state index in [0.717, 1.165) is 23.5 Å². The fraction of sp³-hybridized carbons (Fsp3) is 0.105. The zero-order valence-corrected chi connectivity index (χ0v) is 15.7. The minimum absolute atomic E-state index is 0.132. The number of anilines is 1. The van der Waals surface area contributed by atoms with Crippen LogP contribution in [-0.4, -0.2) is 36.4 Å². The average Bonchev–Trinajstić information content (AvgIpc) is 3.08. The van der Waals surface area contributed by atoms with E-state index in [9.17, 15) is 18.7 Å². The molecule has 3 rings (SSSR count). The van der Waals surface area contributed by atoms with Gasteiger partial charge in [0.15, 0.2) is 0 Å². The summed E-state index contributed by atoms with van der Waals surface area (Å²) in [4.78, 5) is 15.5. The van der Waals surface area contributed by atoms with Crippen molar-refractivity contribution in [3.8, 4) is 17.0 Å². The highest BCUT2D eigenvalue weighted by molar-refractivity contribution is 7.14. The van der Waals surface area contributed by atoms with Gasteiger partial charge in [-0.15, -0.1) is 0 Å². The summed E-state index contributed by atoms with van der Waals surface area (Å²) in [5.41, 5.74) is 0.626. The zero-order valence-electron chi connectivity index (χ0n) is 14.9. The third kappa shape index (κ3) is 3.99. The van der Waals surface area contributed by atoms with E-state index >= 15 is 0 Å². The van der Waals surface area contributed by atoms with Crippen LogP contribution in [0.15, 0.2) is 47.6 Å². The molecule has 1 aromatic heterocycles. The third-order valence-electron chi connectivity index (χ3n) is 3.83. The second kappa shape index (κ2) is 8.13. The summed E-state index contributed by atoms with van der Waals surface area (Å²) in [6, 6.07) is 10.3. The van der Waals surface area contributed by atoms with E-state index in [1.54, 1.807) is 31.3 Å². The number of ether oxygens (including phenoxy) is 1. The van der Waals surface area contributed by atoms with Crippen molar-refractivity contribution in [3.05, 3.63) is 64.5 Å². The molecule has 0 aliphatic carbocycles. The fourth-order valence-electron chi connectivity index (χ4n) is 2.46. The van der Waals surface area contributed by atoms with Gasteiger partial charge in [0.25, 0.3) is 0 Å². The molecule has 0 amide bonds. The predicted molar refractivity (Wildman–Crippen MR) is 103 cm³/mol. The first kappa shape index (κ1) is 19.4. The first-order valence-corrected chi connectivity index (χ1v) is 8.82. The molecule has 0 aliphatic heterocycles. The molecule has 0 bridgehead atoms. The van der Waals surface area contributed by atoms with E-state index in [1.807, 2.05) is 0 Å². The van der Waals surface area contributed by atoms with Gasteiger partial charge in [0.05, 0.1) is 18.9 Å². The Bertz CT molecular complexity index is 1050. The Labute approximate surface area is 163 Å². The summed E-state index contributed by atoms with van der Waals surface area (Å²) in [5, 5.41) is 14.3. The lowest BCUT2D eigenvalue weighted by molar-refractivity contribution is 0.0696. The van der Waals surface area contributed by atoms with Crippen LogP contribution in [0.4, 0.5) is 13.9 Å². The van der Waals surface area contributed by atoms with Crippen LogP contribution in [0, 0.1) is 10.9 Å². The average molecular weight is 403 g/mol. The molecule has 0 fully saturated rings. The van der Waals surface area contributed by atoms with Crippen LogP contribution in [0.1, 0.15) is 15.9 Å². The van der Waals surface area contributed by atoms with Gasteiger partial charge >= 0.3 is 5.97 Å². The van der Waals surface area contributed by atoms with E-state index in [-0.39, 0.29) is 22.0 Å². The number of thiazole rings is 1. The molecule has 0 saturated heterocycles. The fourth-order valence-corrected chi connectivity index (χ4v) is 3.19. The highest BCUT2D eigenvalue weighted by Crippen LogP contribution is 2.36. The molecule has 2 aromatic carbocycles. The smallest absolute Gasteiger partial charge is 0.336 e. The molecule has 1 heterocycles. The summed E-state index contributed by atoms with van der Waals surface area (Å²) < 4.78 is 33.0. The number of hydrogen-bond donors (Lipinski definition) is 1. The number of carbonyl (C=O) groups is 1. The lowest BCUT2D eigenvalue weighted by Gasteiger charge is -2.09. The Morgan fingerprint density at radius 1 is 1.29 bits per heavy atom. The molecule has 1 N–H and O–H groups in total. The van der Waals surface area contributed by atoms with Crippen molar-refractivity contribution in [1.29, 1.82) is 0 Å². The van der Waals surface area contributed by atoms with Gasteiger partial charge in [-0.05, 0) is 30.3 Å². The second-order valence-electron chi connectivity index (χ2n) is 5.62. The molecule has 3 aromatic rings. The highest BCUT2D eigenvalue weighted by atomic mass is 32.1. The lowest BCUT2D eigenvalue weighted by atomic mass is 10.1. The summed E-state index contributed by atoms with van der Waals surface area (Å²) >= 11 is 0.787. The van der Waals surface area contributed by atoms with Gasteiger partial charge in [0.1, 0.15) is 17.3 Å². The Morgan fingerprint density at radius 2 is 2.04 bits per heavy atom. The molecule has 0 atom stereocenters. The maximum absolute atomic E-state index is 14.5. The number of para-hydroxylation sites is 1. The van der Waals surface area contributed by atoms with Crippen molar-refractivity contribution >= 4 is 28.7 Å². The van der Waals surface area contributed by atoms with Gasteiger partial charge in [-0.25, -0.2) is 19.2 Å². The number of nitrogens with zero attached hydrogens (tertiary/aromatic N) is 3. The van der Waals surface area contributed by atoms with Gasteiger partial charge < -0.3 is 9.84 Å². The van der Waals surface area contributed by atoms with Crippen molar-refractivity contribution < 1.29 is 23.4 Å². The van der Waals surface area contributed by atoms with E-state index in [0.29, 0.717) is 11.3 Å². The molecule has 9 heteroatoms. The molecule has 0 aliphatic rings. The summed E-state index contributed by atoms with van der Waals surface area (Å²) in [7, 11) is 3.04. The second-order valence-corrected chi connectivity index (χ2v) is 6.55. The normalized spacial score (nSPS) is 11.0. The van der Waals surface area contributed by atoms with Crippen molar-refractivity contribution in [2.24, 2.45) is 5.10 Å². The summed E-state index contributed by atoms with van der Waals surface area (Å²) in [6.45, 7) is 0. The van der Waals surface area contributed by atoms with Gasteiger partial charge in [0.2, 0.25) is 10.3 Å². The van der Waals surface area contributed by atoms with E-state index in [4.69, 9.17) is 4.74 Å². The maximum atomic E-state index is 14.5. The molecule has 144 valence electrons. The number of methoxy groups -OCH3 is 1. The molecule has 0 unspecified atom stereocenters. The van der Waals surface area contributed by atoms with Crippen molar-refractivity contribution in [1.82, 2.24) is 4.98 Å². The highest BCUT2D eigenvalue weighted by Gasteiger charge is 2.18. The number of carboxylic acids is 1. The summed E-state index contributed by atoms with van der Waals surface area (Å²) in [6.07, 6.45) is 1.25. The zero-order chi connectivity index (χ0) is 20.3. The molecule has 0 radical (unpaired) electrons. The molecular formula is C19H15F2N3O3S. The Balaban J connectivity index is 1.90. The Morgan fingerprint density at radius 3 is 2.75 bits per heavy atom. The number of rotatable bonds is 6. The van der Waals surface area contributed by atoms with Crippen LogP contribution in [0.5, 0.6) is 5.75 Å². The number of hydrogen-bond acceptors (Lipinski definition) is 6. The number of carboxylic acid groups (broad SMARTS) is 1. The van der Waals surface area contributed by atoms with Gasteiger partial charge in [0, 0.05) is 18.2 Å². The Kier molecular flexibility index (Phi) is 5.65. The first-order valence-electron chi connectivity index (χ1n) is 8.01. The van der Waals surface area contributed by atoms with E-state index in [1.165, 1.54) is 24.4 Å². The largest absolute Gasteiger partial charge is 0.496 e. The van der Waals surface area contributed by atoms with Crippen LogP contribution >= 0.6 is 11.3 Å². The Hall–Kier alpha value is -3.33. The van der Waals surface area contributed by atoms with Gasteiger partial charge in [-0.1, -0.05) is 23.5 Å². The third-order valence-corrected chi connectivity index (χ3v) is 4.74. The van der Waals surface area contributed by atoms with Crippen LogP contribution in [0.25, 0.3) is 11.3 Å². The quantitative estimate of drug-likeness (QED) is 0.492. The van der Waals surface area contributed by atoms with Crippen LogP contribution in [0.2, 0.25) is 0 Å². The van der Waals surface area contributed by atoms with E-state index in [2.05, 4.69) is 10.1 Å². The number of aromatic carboxylic acids is 1. The van der Waals surface area contributed by atoms with Crippen LogP contribution in [0.3, 0.4) is 0 Å². The van der Waals surface area contributed by atoms with Crippen LogP contribution in [-0.2, 0) is 0 Å². The minimum atomic E-state index is -1.28. The van der Waals surface area contributed by atoms with Gasteiger partial charge in [-0.3, -0.25) is 0 Å². The maximum Gasteiger partial charge on any atom is 0.336 e. The predicted octanol–water partition coefficient (Wildman–Crippen LogP) is 4.27. The van der Waals surface area contributed by atoms with Crippen molar-refractivity contribution in [3.63, 3.8) is 0 Å². The van der Waals surface area contributed by atoms with Gasteiger partial charge in [-0.2, -0.15) is 9.49 Å². The standard InChI is InChI=1S/C19H15F2N3O3S/c1-24(22-10-11-7-8-12(20)9-14(11)18(25)26)19-23-16(17(21)28-19)13-5-3-4-6-15(13)27-2/h3-10H,1-2H3,(H,25,26)/b22-10+.